The number of aromatic hydroxyl groups is 1. The number of unbranched alkanes of at least 4 members (excludes halogenated alkanes) is 1. The summed E-state index contributed by atoms with van der Waals surface area (Å²) < 4.78 is 0. The summed E-state index contributed by atoms with van der Waals surface area (Å²) in [5, 5.41) is 30.5. The molecule has 1 heterocycles. The van der Waals surface area contributed by atoms with E-state index < -0.39 is 77.2 Å². The second-order valence-electron chi connectivity index (χ2n) is 16.9. The number of aliphatic carboxylic acids is 1. The number of guanidine groups is 1. The molecule has 1 aliphatic heterocycles. The molecule has 18 nitrogen and oxygen atoms in total. The van der Waals surface area contributed by atoms with Crippen LogP contribution in [0.3, 0.4) is 0 Å². The number of nitrogens with zero attached hydrogens (tertiary/aromatic N) is 3. The third-order valence-electron chi connectivity index (χ3n) is 9.85. The van der Waals surface area contributed by atoms with Crippen LogP contribution in [0.1, 0.15) is 91.5 Å². The molecule has 0 aromatic heterocycles. The van der Waals surface area contributed by atoms with Gasteiger partial charge in [0.25, 0.3) is 0 Å². The maximum atomic E-state index is 14.2. The number of nitrogens with two attached hydrogens (primary N) is 3. The summed E-state index contributed by atoms with van der Waals surface area (Å²) >= 11 is 0. The lowest BCUT2D eigenvalue weighted by molar-refractivity contribution is -0.143. The highest BCUT2D eigenvalue weighted by molar-refractivity contribution is 5.97. The number of hydrogen-bond acceptors (Lipinski definition) is 10. The molecule has 18 heteroatoms. The predicted molar refractivity (Wildman–Crippen MR) is 221 cm³/mol. The van der Waals surface area contributed by atoms with Crippen LogP contribution in [0.4, 0.5) is 0 Å². The van der Waals surface area contributed by atoms with Crippen LogP contribution in [0.5, 0.6) is 5.75 Å². The fraction of sp³-hybridized carbons (Fsp3) is 0.675. The first kappa shape index (κ1) is 49.2. The van der Waals surface area contributed by atoms with Gasteiger partial charge in [-0.1, -0.05) is 53.2 Å². The Balaban J connectivity index is 2.36. The van der Waals surface area contributed by atoms with Crippen LogP contribution in [0.25, 0.3) is 0 Å². The van der Waals surface area contributed by atoms with Gasteiger partial charge in [0.15, 0.2) is 5.96 Å². The summed E-state index contributed by atoms with van der Waals surface area (Å²) in [6, 6.07) is -0.448. The van der Waals surface area contributed by atoms with Crippen molar-refractivity contribution in [2.24, 2.45) is 33.5 Å². The van der Waals surface area contributed by atoms with E-state index in [9.17, 15) is 39.0 Å². The number of carbonyl (C=O) groups excluding carboxylic acids is 5. The van der Waals surface area contributed by atoms with Crippen molar-refractivity contribution in [3.8, 4) is 5.75 Å². The quantitative estimate of drug-likeness (QED) is 0.0406. The summed E-state index contributed by atoms with van der Waals surface area (Å²) in [4.78, 5) is 88.6. The minimum absolute atomic E-state index is 0.00188. The van der Waals surface area contributed by atoms with E-state index in [1.807, 2.05) is 32.8 Å². The van der Waals surface area contributed by atoms with Crippen LogP contribution in [-0.2, 0) is 35.2 Å². The van der Waals surface area contributed by atoms with Gasteiger partial charge in [-0.25, -0.2) is 4.79 Å². The predicted octanol–water partition coefficient (Wildman–Crippen LogP) is 0.155. The number of likely N-dealkylation sites (tertiary alicyclic amines) is 1. The van der Waals surface area contributed by atoms with Crippen LogP contribution < -0.4 is 38.5 Å². The first-order valence-electron chi connectivity index (χ1n) is 20.1. The number of phenolic OH excluding ortho intramolecular Hbond substituents is 1. The van der Waals surface area contributed by atoms with Gasteiger partial charge in [0.2, 0.25) is 29.5 Å². The number of carboxylic acid groups (broad SMARTS) is 1. The lowest BCUT2D eigenvalue weighted by Gasteiger charge is -2.33. The number of nitrogens with one attached hydrogen (secondary N) is 4. The molecule has 0 spiro atoms. The summed E-state index contributed by atoms with van der Waals surface area (Å²) in [7, 11) is 3.92. The monoisotopic (exact) mass is 817 g/mol. The van der Waals surface area contributed by atoms with E-state index in [1.165, 1.54) is 17.0 Å². The molecule has 1 fully saturated rings. The van der Waals surface area contributed by atoms with E-state index in [-0.39, 0.29) is 56.4 Å². The van der Waals surface area contributed by atoms with Crippen molar-refractivity contribution in [2.45, 2.75) is 129 Å². The molecule has 0 bridgehead atoms. The zero-order valence-electron chi connectivity index (χ0n) is 35.3. The van der Waals surface area contributed by atoms with Gasteiger partial charge in [-0.05, 0) is 94.6 Å². The Morgan fingerprint density at radius 1 is 0.879 bits per heavy atom. The molecule has 326 valence electrons. The molecule has 6 atom stereocenters. The highest BCUT2D eigenvalue weighted by Gasteiger charge is 2.41. The van der Waals surface area contributed by atoms with E-state index in [0.29, 0.717) is 31.2 Å². The van der Waals surface area contributed by atoms with E-state index in [2.05, 4.69) is 26.3 Å². The molecule has 12 N–H and O–H groups in total. The molecular formula is C40H68N10O8. The van der Waals surface area contributed by atoms with Crippen LogP contribution >= 0.6 is 0 Å². The third-order valence-corrected chi connectivity index (χ3v) is 9.85. The number of carbonyl (C=O) groups is 6. The van der Waals surface area contributed by atoms with Crippen LogP contribution in [0, 0.1) is 11.3 Å². The number of aliphatic imine (C=N–C) groups is 1. The van der Waals surface area contributed by atoms with Gasteiger partial charge in [-0.3, -0.25) is 29.0 Å². The molecule has 1 saturated heterocycles. The van der Waals surface area contributed by atoms with Crippen LogP contribution in [0.2, 0.25) is 0 Å². The Morgan fingerprint density at radius 3 is 2.09 bits per heavy atom. The van der Waals surface area contributed by atoms with E-state index >= 15 is 0 Å². The van der Waals surface area contributed by atoms with Gasteiger partial charge in [0, 0.05) is 19.5 Å². The highest BCUT2D eigenvalue weighted by Crippen LogP contribution is 2.23. The molecule has 0 radical (unpaired) electrons. The molecule has 2 rings (SSSR count). The molecule has 1 aromatic carbocycles. The minimum atomic E-state index is -1.25. The van der Waals surface area contributed by atoms with E-state index in [1.54, 1.807) is 32.9 Å². The standard InChI is InChI=1S/C40H68N10O8/c1-24(2)22-30(38(57)58)47-36(55)32(40(3,4)5)48-34(53)29(23-25-15-17-26(51)18-16-25)46-35(54)31-14-11-21-50(31)37(56)28(13-10-19-44-39(42)43)45-33(52)27(41)12-8-9-20-49(6)7/h15-18,24,27-32,51H,8-14,19-23,41H2,1-7H3,(H,45,52)(H,46,54)(H,47,55)(H,48,53)(H,57,58)(H4,42,43,44)/t27-,28-,29-,30-,31-,32+/m0/s1. The van der Waals surface area contributed by atoms with Gasteiger partial charge in [0.05, 0.1) is 6.04 Å². The number of carboxylic acids is 1. The molecule has 0 saturated carbocycles. The lowest BCUT2D eigenvalue weighted by Crippen LogP contribution is -2.61. The molecule has 1 aromatic rings. The van der Waals surface area contributed by atoms with Gasteiger partial charge < -0.3 is 58.5 Å². The molecule has 58 heavy (non-hydrogen) atoms. The van der Waals surface area contributed by atoms with Crippen molar-refractivity contribution in [3.63, 3.8) is 0 Å². The molecular weight excluding hydrogens is 749 g/mol. The van der Waals surface area contributed by atoms with Crippen LogP contribution in [0.15, 0.2) is 29.3 Å². The van der Waals surface area contributed by atoms with Crippen molar-refractivity contribution < 1.29 is 39.0 Å². The van der Waals surface area contributed by atoms with Gasteiger partial charge in [-0.15, -0.1) is 0 Å². The Kier molecular flexibility index (Phi) is 19.9. The maximum absolute atomic E-state index is 14.2. The van der Waals surface area contributed by atoms with Gasteiger partial charge >= 0.3 is 5.97 Å². The van der Waals surface area contributed by atoms with Crippen molar-refractivity contribution >= 4 is 41.5 Å². The smallest absolute Gasteiger partial charge is 0.326 e. The first-order chi connectivity index (χ1) is 27.1. The van der Waals surface area contributed by atoms with Crippen molar-refractivity contribution in [1.82, 2.24) is 31.1 Å². The summed E-state index contributed by atoms with van der Waals surface area (Å²) in [6.07, 6.45) is 3.39. The summed E-state index contributed by atoms with van der Waals surface area (Å²) in [5.74, 6) is -4.37. The number of amides is 5. The zero-order chi connectivity index (χ0) is 43.7. The Labute approximate surface area is 342 Å². The number of rotatable bonds is 23. The average molecular weight is 817 g/mol. The van der Waals surface area contributed by atoms with E-state index in [0.717, 1.165) is 13.0 Å². The highest BCUT2D eigenvalue weighted by atomic mass is 16.4. The Hall–Kier alpha value is -4.97. The van der Waals surface area contributed by atoms with Crippen molar-refractivity contribution in [2.75, 3.05) is 33.7 Å². The fourth-order valence-corrected chi connectivity index (χ4v) is 6.68. The fourth-order valence-electron chi connectivity index (χ4n) is 6.68. The second kappa shape index (κ2) is 23.4. The van der Waals surface area contributed by atoms with Crippen LogP contribution in [-0.4, -0.2) is 131 Å². The summed E-state index contributed by atoms with van der Waals surface area (Å²) in [6.45, 7) is 10.1. The second-order valence-corrected chi connectivity index (χ2v) is 16.9. The van der Waals surface area contributed by atoms with Gasteiger partial charge in [0.1, 0.15) is 36.0 Å². The average Bonchev–Trinajstić information content (AvgIpc) is 3.63. The number of hydrogen-bond donors (Lipinski definition) is 9. The molecule has 1 aliphatic rings. The number of phenols is 1. The Bertz CT molecular complexity index is 1560. The molecule has 0 aliphatic carbocycles. The topological polar surface area (TPSA) is 288 Å². The van der Waals surface area contributed by atoms with Crippen molar-refractivity contribution in [1.29, 1.82) is 0 Å². The zero-order valence-corrected chi connectivity index (χ0v) is 35.3. The number of benzene rings is 1. The Morgan fingerprint density at radius 2 is 1.52 bits per heavy atom. The lowest BCUT2D eigenvalue weighted by atomic mass is 9.85. The third kappa shape index (κ3) is 16.9. The van der Waals surface area contributed by atoms with Gasteiger partial charge in [-0.2, -0.15) is 0 Å². The largest absolute Gasteiger partial charge is 0.508 e. The molecule has 5 amide bonds. The van der Waals surface area contributed by atoms with Crippen molar-refractivity contribution in [3.05, 3.63) is 29.8 Å². The maximum Gasteiger partial charge on any atom is 0.326 e. The summed E-state index contributed by atoms with van der Waals surface area (Å²) in [5.41, 5.74) is 16.9. The van der Waals surface area contributed by atoms with E-state index in [4.69, 9.17) is 17.2 Å². The SMILES string of the molecule is CC(C)C[C@H](NC(=O)[C@@H](NC(=O)[C@H](Cc1ccc(O)cc1)NC(=O)[C@@H]1CCCN1C(=O)[C@H](CCCN=C(N)N)NC(=O)[C@@H](N)CCCCN(C)C)C(C)(C)C)C(=O)O. The molecule has 0 unspecified atom stereocenters. The first-order valence-corrected chi connectivity index (χ1v) is 20.1. The normalized spacial score (nSPS) is 16.8. The minimum Gasteiger partial charge on any atom is -0.508 e.